The van der Waals surface area contributed by atoms with Gasteiger partial charge in [0.15, 0.2) is 0 Å². The number of hydrogen-bond donors (Lipinski definition) is 3. The molecule has 0 radical (unpaired) electrons. The summed E-state index contributed by atoms with van der Waals surface area (Å²) in [5, 5.41) is 15.6. The number of carbonyl (C=O) groups excluding carboxylic acids is 4. The highest BCUT2D eigenvalue weighted by atomic mass is 16.6. The molecular formula is C29H47N3O7. The van der Waals surface area contributed by atoms with Crippen molar-refractivity contribution in [2.75, 3.05) is 19.7 Å². The van der Waals surface area contributed by atoms with Crippen LogP contribution in [0.3, 0.4) is 0 Å². The van der Waals surface area contributed by atoms with Crippen LogP contribution in [0, 0.1) is 5.92 Å². The van der Waals surface area contributed by atoms with Gasteiger partial charge in [0.1, 0.15) is 23.4 Å². The number of rotatable bonds is 15. The maximum atomic E-state index is 14.1. The van der Waals surface area contributed by atoms with Gasteiger partial charge in [0.05, 0.1) is 13.0 Å². The lowest BCUT2D eigenvalue weighted by Crippen LogP contribution is -2.53. The molecule has 0 aliphatic rings. The molecule has 0 saturated carbocycles. The Morgan fingerprint density at radius 2 is 1.77 bits per heavy atom. The summed E-state index contributed by atoms with van der Waals surface area (Å²) in [6.07, 6.45) is 1.95. The van der Waals surface area contributed by atoms with Gasteiger partial charge in [-0.05, 0) is 64.2 Å². The second kappa shape index (κ2) is 16.6. The van der Waals surface area contributed by atoms with Crippen molar-refractivity contribution in [3.63, 3.8) is 0 Å². The summed E-state index contributed by atoms with van der Waals surface area (Å²) in [5.74, 6) is -1.37. The number of esters is 1. The number of phenolic OH excluding ortho intramolecular Hbond substituents is 1. The Balaban J connectivity index is 3.42. The van der Waals surface area contributed by atoms with Crippen molar-refractivity contribution < 1.29 is 33.8 Å². The van der Waals surface area contributed by atoms with Crippen molar-refractivity contribution in [1.82, 2.24) is 15.5 Å². The molecule has 3 amide bonds. The van der Waals surface area contributed by atoms with E-state index in [2.05, 4.69) is 10.6 Å². The van der Waals surface area contributed by atoms with Gasteiger partial charge in [0.2, 0.25) is 11.8 Å². The van der Waals surface area contributed by atoms with E-state index in [1.165, 1.54) is 17.0 Å². The van der Waals surface area contributed by atoms with E-state index in [0.717, 1.165) is 12.8 Å². The fourth-order valence-electron chi connectivity index (χ4n) is 4.03. The normalized spacial score (nSPS) is 12.8. The Morgan fingerprint density at radius 1 is 1.08 bits per heavy atom. The van der Waals surface area contributed by atoms with Crippen LogP contribution < -0.4 is 10.6 Å². The van der Waals surface area contributed by atoms with Gasteiger partial charge in [0.25, 0.3) is 0 Å². The number of nitrogens with one attached hydrogen (secondary N) is 2. The van der Waals surface area contributed by atoms with E-state index in [9.17, 15) is 24.3 Å². The number of ether oxygens (including phenoxy) is 2. The Labute approximate surface area is 232 Å². The molecule has 0 fully saturated rings. The van der Waals surface area contributed by atoms with Gasteiger partial charge in [0, 0.05) is 13.1 Å². The molecule has 1 aromatic carbocycles. The van der Waals surface area contributed by atoms with Crippen molar-refractivity contribution in [2.24, 2.45) is 5.92 Å². The third-order valence-electron chi connectivity index (χ3n) is 5.66. The third-order valence-corrected chi connectivity index (χ3v) is 5.66. The lowest BCUT2D eigenvalue weighted by atomic mass is 9.98. The standard InChI is InChI=1S/C29H47N3O7/c1-8-10-11-17-32(27(36)23(18-20(3)4)31-28(37)39-29(5,6)7)25(21-13-12-14-22(33)19-21)26(35)30-16-15-24(34)38-9-2/h12-14,19-20,23,25,33H,8-11,15-18H2,1-7H3,(H,30,35)(H,31,37). The number of amides is 3. The van der Waals surface area contributed by atoms with Crippen LogP contribution in [0.4, 0.5) is 4.79 Å². The number of benzene rings is 1. The first kappa shape index (κ1) is 33.7. The molecule has 10 heteroatoms. The zero-order valence-electron chi connectivity index (χ0n) is 24.5. The molecule has 1 aromatic rings. The zero-order valence-corrected chi connectivity index (χ0v) is 24.5. The van der Waals surface area contributed by atoms with Gasteiger partial charge < -0.3 is 30.1 Å². The topological polar surface area (TPSA) is 134 Å². The summed E-state index contributed by atoms with van der Waals surface area (Å²) in [4.78, 5) is 53.6. The average molecular weight is 550 g/mol. The molecular weight excluding hydrogens is 502 g/mol. The molecule has 0 saturated heterocycles. The molecule has 220 valence electrons. The highest BCUT2D eigenvalue weighted by Crippen LogP contribution is 2.27. The first-order valence-corrected chi connectivity index (χ1v) is 13.8. The summed E-state index contributed by atoms with van der Waals surface area (Å²) in [6.45, 7) is 13.3. The minimum absolute atomic E-state index is 0.0215. The molecule has 0 aliphatic heterocycles. The summed E-state index contributed by atoms with van der Waals surface area (Å²) in [6, 6.07) is 4.15. The van der Waals surface area contributed by atoms with Gasteiger partial charge in [-0.15, -0.1) is 0 Å². The van der Waals surface area contributed by atoms with E-state index in [4.69, 9.17) is 9.47 Å². The second-order valence-corrected chi connectivity index (χ2v) is 10.9. The van der Waals surface area contributed by atoms with Crippen LogP contribution in [-0.4, -0.2) is 65.2 Å². The van der Waals surface area contributed by atoms with Crippen molar-refractivity contribution >= 4 is 23.9 Å². The maximum absolute atomic E-state index is 14.1. The van der Waals surface area contributed by atoms with Crippen LogP contribution in [0.15, 0.2) is 24.3 Å². The maximum Gasteiger partial charge on any atom is 0.408 e. The molecule has 39 heavy (non-hydrogen) atoms. The SMILES string of the molecule is CCCCCN(C(=O)C(CC(C)C)NC(=O)OC(C)(C)C)C(C(=O)NCCC(=O)OCC)c1cccc(O)c1. The number of hydrogen-bond acceptors (Lipinski definition) is 7. The quantitative estimate of drug-likeness (QED) is 0.217. The second-order valence-electron chi connectivity index (χ2n) is 10.9. The summed E-state index contributed by atoms with van der Waals surface area (Å²) in [7, 11) is 0. The number of nitrogens with zero attached hydrogens (tertiary/aromatic N) is 1. The first-order chi connectivity index (χ1) is 18.3. The molecule has 0 aromatic heterocycles. The fraction of sp³-hybridized carbons (Fsp3) is 0.655. The molecule has 2 unspecified atom stereocenters. The number of alkyl carbamates (subject to hydrolysis) is 1. The van der Waals surface area contributed by atoms with E-state index in [1.807, 2.05) is 20.8 Å². The third kappa shape index (κ3) is 12.9. The summed E-state index contributed by atoms with van der Waals surface area (Å²) >= 11 is 0. The van der Waals surface area contributed by atoms with E-state index in [1.54, 1.807) is 39.8 Å². The summed E-state index contributed by atoms with van der Waals surface area (Å²) < 4.78 is 10.3. The smallest absolute Gasteiger partial charge is 0.408 e. The van der Waals surface area contributed by atoms with Crippen molar-refractivity contribution in [3.8, 4) is 5.75 Å². The van der Waals surface area contributed by atoms with Crippen LogP contribution in [-0.2, 0) is 23.9 Å². The Morgan fingerprint density at radius 3 is 2.33 bits per heavy atom. The van der Waals surface area contributed by atoms with Crippen LogP contribution in [0.2, 0.25) is 0 Å². The largest absolute Gasteiger partial charge is 0.508 e. The fourth-order valence-corrected chi connectivity index (χ4v) is 4.03. The monoisotopic (exact) mass is 549 g/mol. The highest BCUT2D eigenvalue weighted by Gasteiger charge is 2.36. The lowest BCUT2D eigenvalue weighted by molar-refractivity contribution is -0.144. The van der Waals surface area contributed by atoms with Crippen molar-refractivity contribution in [2.45, 2.75) is 98.3 Å². The number of phenols is 1. The predicted molar refractivity (Wildman–Crippen MR) is 149 cm³/mol. The van der Waals surface area contributed by atoms with Crippen LogP contribution in [0.5, 0.6) is 5.75 Å². The zero-order chi connectivity index (χ0) is 29.6. The van der Waals surface area contributed by atoms with Gasteiger partial charge in [-0.1, -0.05) is 45.7 Å². The minimum Gasteiger partial charge on any atom is -0.508 e. The molecule has 10 nitrogen and oxygen atoms in total. The van der Waals surface area contributed by atoms with Crippen molar-refractivity contribution in [1.29, 1.82) is 0 Å². The Hall–Kier alpha value is -3.30. The lowest BCUT2D eigenvalue weighted by Gasteiger charge is -2.35. The summed E-state index contributed by atoms with van der Waals surface area (Å²) in [5.41, 5.74) is -0.340. The van der Waals surface area contributed by atoms with E-state index >= 15 is 0 Å². The molecule has 0 heterocycles. The number of aromatic hydroxyl groups is 1. The van der Waals surface area contributed by atoms with Gasteiger partial charge >= 0.3 is 12.1 Å². The van der Waals surface area contributed by atoms with E-state index in [-0.39, 0.29) is 37.8 Å². The number of unbranched alkanes of at least 4 members (excludes halogenated alkanes) is 2. The first-order valence-electron chi connectivity index (χ1n) is 13.8. The predicted octanol–water partition coefficient (Wildman–Crippen LogP) is 4.46. The van der Waals surface area contributed by atoms with E-state index in [0.29, 0.717) is 18.4 Å². The number of carbonyl (C=O) groups is 4. The van der Waals surface area contributed by atoms with Gasteiger partial charge in [-0.2, -0.15) is 0 Å². The average Bonchev–Trinajstić information content (AvgIpc) is 2.81. The Kier molecular flexibility index (Phi) is 14.4. The highest BCUT2D eigenvalue weighted by molar-refractivity contribution is 5.92. The molecule has 0 aliphatic carbocycles. The van der Waals surface area contributed by atoms with E-state index < -0.39 is 41.6 Å². The van der Waals surface area contributed by atoms with Crippen LogP contribution in [0.25, 0.3) is 0 Å². The molecule has 2 atom stereocenters. The molecule has 3 N–H and O–H groups in total. The van der Waals surface area contributed by atoms with Crippen LogP contribution >= 0.6 is 0 Å². The van der Waals surface area contributed by atoms with Crippen molar-refractivity contribution in [3.05, 3.63) is 29.8 Å². The Bertz CT molecular complexity index is 943. The molecule has 1 rings (SSSR count). The van der Waals surface area contributed by atoms with Gasteiger partial charge in [-0.25, -0.2) is 4.79 Å². The van der Waals surface area contributed by atoms with Crippen LogP contribution in [0.1, 0.15) is 92.2 Å². The molecule has 0 spiro atoms. The van der Waals surface area contributed by atoms with Gasteiger partial charge in [-0.3, -0.25) is 14.4 Å². The minimum atomic E-state index is -1.10. The molecule has 0 bridgehead atoms.